The molecule has 2 amide bonds. The maximum atomic E-state index is 12.3. The number of amides is 2. The molecule has 0 unspecified atom stereocenters. The molecule has 0 atom stereocenters. The molecule has 2 rings (SSSR count). The molecule has 6 nitrogen and oxygen atoms in total. The van der Waals surface area contributed by atoms with Crippen molar-refractivity contribution in [3.8, 4) is 0 Å². The molecule has 0 spiro atoms. The highest BCUT2D eigenvalue weighted by Crippen LogP contribution is 2.09. The van der Waals surface area contributed by atoms with Crippen molar-refractivity contribution < 1.29 is 18.4 Å². The molecule has 116 valence electrons. The third-order valence-electron chi connectivity index (χ3n) is 2.56. The van der Waals surface area contributed by atoms with Crippen molar-refractivity contribution >= 4 is 17.9 Å². The molecule has 6 heteroatoms. The van der Waals surface area contributed by atoms with E-state index in [1.165, 1.54) is 24.7 Å². The van der Waals surface area contributed by atoms with Gasteiger partial charge in [-0.05, 0) is 45.0 Å². The summed E-state index contributed by atoms with van der Waals surface area (Å²) in [6, 6.07) is 6.49. The van der Waals surface area contributed by atoms with E-state index in [0.29, 0.717) is 5.76 Å². The normalized spacial score (nSPS) is 12.0. The maximum Gasteiger partial charge on any atom is 0.291 e. The van der Waals surface area contributed by atoms with Crippen LogP contribution in [0, 0.1) is 0 Å². The SMILES string of the molecule is CC(C)(C)NC(=O)C(=Cc1ccco1)NC(=O)c1ccco1. The van der Waals surface area contributed by atoms with Crippen LogP contribution in [0.25, 0.3) is 6.08 Å². The van der Waals surface area contributed by atoms with Gasteiger partial charge in [0.25, 0.3) is 11.8 Å². The van der Waals surface area contributed by atoms with Gasteiger partial charge >= 0.3 is 0 Å². The van der Waals surface area contributed by atoms with E-state index in [2.05, 4.69) is 10.6 Å². The van der Waals surface area contributed by atoms with Gasteiger partial charge < -0.3 is 19.5 Å². The third-order valence-corrected chi connectivity index (χ3v) is 2.56. The Bertz CT molecular complexity index is 662. The first-order valence-corrected chi connectivity index (χ1v) is 6.78. The molecule has 2 aromatic rings. The lowest BCUT2D eigenvalue weighted by atomic mass is 10.1. The number of carbonyl (C=O) groups excluding carboxylic acids is 2. The highest BCUT2D eigenvalue weighted by Gasteiger charge is 2.20. The molecule has 0 fully saturated rings. The van der Waals surface area contributed by atoms with Crippen molar-refractivity contribution in [1.82, 2.24) is 10.6 Å². The predicted molar refractivity (Wildman–Crippen MR) is 80.8 cm³/mol. The molecule has 22 heavy (non-hydrogen) atoms. The minimum atomic E-state index is -0.508. The summed E-state index contributed by atoms with van der Waals surface area (Å²) in [5.41, 5.74) is -0.361. The molecule has 0 aliphatic heterocycles. The smallest absolute Gasteiger partial charge is 0.291 e. The fraction of sp³-hybridized carbons (Fsp3) is 0.250. The Hall–Kier alpha value is -2.76. The molecule has 0 saturated carbocycles. The van der Waals surface area contributed by atoms with Gasteiger partial charge in [0.05, 0.1) is 12.5 Å². The Morgan fingerprint density at radius 3 is 2.32 bits per heavy atom. The third kappa shape index (κ3) is 4.37. The Labute approximate surface area is 128 Å². The first-order chi connectivity index (χ1) is 10.3. The molecule has 0 aromatic carbocycles. The molecule has 0 bridgehead atoms. The quantitative estimate of drug-likeness (QED) is 0.850. The van der Waals surface area contributed by atoms with Gasteiger partial charge in [0.1, 0.15) is 11.5 Å². The Morgan fingerprint density at radius 2 is 1.77 bits per heavy atom. The van der Waals surface area contributed by atoms with Gasteiger partial charge in [-0.15, -0.1) is 0 Å². The Morgan fingerprint density at radius 1 is 1.09 bits per heavy atom. The van der Waals surface area contributed by atoms with Crippen LogP contribution in [0.5, 0.6) is 0 Å². The van der Waals surface area contributed by atoms with E-state index in [9.17, 15) is 9.59 Å². The second-order valence-corrected chi connectivity index (χ2v) is 5.71. The van der Waals surface area contributed by atoms with E-state index in [1.54, 1.807) is 18.2 Å². The molecule has 0 aliphatic rings. The van der Waals surface area contributed by atoms with Gasteiger partial charge in [-0.2, -0.15) is 0 Å². The van der Waals surface area contributed by atoms with Gasteiger partial charge in [-0.3, -0.25) is 9.59 Å². The van der Waals surface area contributed by atoms with Gasteiger partial charge in [-0.1, -0.05) is 0 Å². The van der Waals surface area contributed by atoms with Crippen molar-refractivity contribution in [2.75, 3.05) is 0 Å². The van der Waals surface area contributed by atoms with Crippen LogP contribution in [0.1, 0.15) is 37.1 Å². The Kier molecular flexibility index (Phi) is 4.50. The monoisotopic (exact) mass is 302 g/mol. The topological polar surface area (TPSA) is 84.5 Å². The largest absolute Gasteiger partial charge is 0.465 e. The number of hydrogen-bond acceptors (Lipinski definition) is 4. The first kappa shape index (κ1) is 15.6. The van der Waals surface area contributed by atoms with Crippen LogP contribution < -0.4 is 10.6 Å². The van der Waals surface area contributed by atoms with Crippen LogP contribution >= 0.6 is 0 Å². The molecule has 0 saturated heterocycles. The number of rotatable bonds is 4. The zero-order valence-electron chi connectivity index (χ0n) is 12.7. The van der Waals surface area contributed by atoms with Crippen molar-refractivity contribution in [1.29, 1.82) is 0 Å². The number of carbonyl (C=O) groups is 2. The molecule has 0 radical (unpaired) electrons. The summed E-state index contributed by atoms with van der Waals surface area (Å²) in [6.45, 7) is 5.55. The van der Waals surface area contributed by atoms with Crippen LogP contribution in [0.2, 0.25) is 0 Å². The Balaban J connectivity index is 2.22. The average molecular weight is 302 g/mol. The van der Waals surface area contributed by atoms with Crippen molar-refractivity contribution in [3.63, 3.8) is 0 Å². The summed E-state index contributed by atoms with van der Waals surface area (Å²) in [5.74, 6) is -0.344. The second-order valence-electron chi connectivity index (χ2n) is 5.71. The predicted octanol–water partition coefficient (Wildman–Crippen LogP) is 2.56. The lowest BCUT2D eigenvalue weighted by Gasteiger charge is -2.21. The van der Waals surface area contributed by atoms with Crippen molar-refractivity contribution in [2.24, 2.45) is 0 Å². The average Bonchev–Trinajstić information content (AvgIpc) is 3.09. The lowest BCUT2D eigenvalue weighted by molar-refractivity contribution is -0.119. The summed E-state index contributed by atoms with van der Waals surface area (Å²) in [6.07, 6.45) is 4.33. The highest BCUT2D eigenvalue weighted by molar-refractivity contribution is 6.04. The van der Waals surface area contributed by atoms with Crippen LogP contribution in [0.4, 0.5) is 0 Å². The highest BCUT2D eigenvalue weighted by atomic mass is 16.3. The molecule has 0 aliphatic carbocycles. The summed E-state index contributed by atoms with van der Waals surface area (Å²) < 4.78 is 10.2. The molecule has 2 N–H and O–H groups in total. The van der Waals surface area contributed by atoms with Crippen LogP contribution in [0.3, 0.4) is 0 Å². The maximum absolute atomic E-state index is 12.3. The number of furan rings is 2. The zero-order chi connectivity index (χ0) is 16.2. The summed E-state index contributed by atoms with van der Waals surface area (Å²) in [7, 11) is 0. The standard InChI is InChI=1S/C16H18N2O4/c1-16(2,3)18-14(19)12(10-11-6-4-8-21-11)17-15(20)13-7-5-9-22-13/h4-10H,1-3H3,(H,17,20)(H,18,19). The molecular weight excluding hydrogens is 284 g/mol. The molecular formula is C16H18N2O4. The van der Waals surface area contributed by atoms with E-state index in [4.69, 9.17) is 8.83 Å². The van der Waals surface area contributed by atoms with E-state index < -0.39 is 17.4 Å². The fourth-order valence-corrected chi connectivity index (χ4v) is 1.67. The van der Waals surface area contributed by atoms with Crippen molar-refractivity contribution in [2.45, 2.75) is 26.3 Å². The van der Waals surface area contributed by atoms with Gasteiger partial charge in [0.2, 0.25) is 0 Å². The minimum absolute atomic E-state index is 0.0753. The van der Waals surface area contributed by atoms with E-state index in [1.807, 2.05) is 20.8 Å². The first-order valence-electron chi connectivity index (χ1n) is 6.78. The van der Waals surface area contributed by atoms with Gasteiger partial charge in [0.15, 0.2) is 5.76 Å². The van der Waals surface area contributed by atoms with Crippen LogP contribution in [-0.2, 0) is 4.79 Å². The van der Waals surface area contributed by atoms with Gasteiger partial charge in [0, 0.05) is 11.6 Å². The molecule has 2 heterocycles. The minimum Gasteiger partial charge on any atom is -0.465 e. The summed E-state index contributed by atoms with van der Waals surface area (Å²) in [5, 5.41) is 5.32. The lowest BCUT2D eigenvalue weighted by Crippen LogP contribution is -2.44. The summed E-state index contributed by atoms with van der Waals surface area (Å²) >= 11 is 0. The number of nitrogens with one attached hydrogen (secondary N) is 2. The van der Waals surface area contributed by atoms with E-state index in [-0.39, 0.29) is 11.5 Å². The van der Waals surface area contributed by atoms with E-state index >= 15 is 0 Å². The zero-order valence-corrected chi connectivity index (χ0v) is 12.7. The van der Waals surface area contributed by atoms with Crippen molar-refractivity contribution in [3.05, 3.63) is 54.0 Å². The van der Waals surface area contributed by atoms with E-state index in [0.717, 1.165) is 0 Å². The van der Waals surface area contributed by atoms with Crippen LogP contribution in [-0.4, -0.2) is 17.4 Å². The fourth-order valence-electron chi connectivity index (χ4n) is 1.67. The van der Waals surface area contributed by atoms with Crippen LogP contribution in [0.15, 0.2) is 51.3 Å². The molecule has 2 aromatic heterocycles. The summed E-state index contributed by atoms with van der Waals surface area (Å²) in [4.78, 5) is 24.4. The second kappa shape index (κ2) is 6.34. The van der Waals surface area contributed by atoms with Gasteiger partial charge in [-0.25, -0.2) is 0 Å². The number of hydrogen-bond donors (Lipinski definition) is 2.